The molecule has 0 heterocycles. The highest BCUT2D eigenvalue weighted by molar-refractivity contribution is 4.78. The van der Waals surface area contributed by atoms with Gasteiger partial charge < -0.3 is 15.6 Å². The molecule has 3 N–H and O–H groups in total. The fourth-order valence-electron chi connectivity index (χ4n) is 2.05. The summed E-state index contributed by atoms with van der Waals surface area (Å²) in [6.07, 6.45) is 6.23. The first-order valence-electron chi connectivity index (χ1n) is 6.06. The zero-order valence-corrected chi connectivity index (χ0v) is 10.0. The van der Waals surface area contributed by atoms with Gasteiger partial charge in [0, 0.05) is 12.1 Å². The van der Waals surface area contributed by atoms with Crippen LogP contribution in [-0.4, -0.2) is 30.0 Å². The lowest BCUT2D eigenvalue weighted by molar-refractivity contribution is -0.0142. The Morgan fingerprint density at radius 1 is 1.40 bits per heavy atom. The molecule has 1 aliphatic rings. The maximum Gasteiger partial charge on any atom is 0.0609 e. The van der Waals surface area contributed by atoms with Crippen molar-refractivity contribution in [2.75, 3.05) is 13.2 Å². The average Bonchev–Trinajstić information content (AvgIpc) is 2.21. The zero-order chi connectivity index (χ0) is 11.3. The molecule has 15 heavy (non-hydrogen) atoms. The number of ether oxygens (including phenoxy) is 1. The van der Waals surface area contributed by atoms with Crippen LogP contribution in [0.15, 0.2) is 0 Å². The van der Waals surface area contributed by atoms with Crippen LogP contribution in [0.25, 0.3) is 0 Å². The third-order valence-corrected chi connectivity index (χ3v) is 3.40. The first-order chi connectivity index (χ1) is 7.05. The van der Waals surface area contributed by atoms with E-state index in [0.717, 1.165) is 6.42 Å². The summed E-state index contributed by atoms with van der Waals surface area (Å²) in [5, 5.41) is 9.00. The van der Waals surface area contributed by atoms with Crippen molar-refractivity contribution in [3.05, 3.63) is 0 Å². The lowest BCUT2D eigenvalue weighted by Crippen LogP contribution is -2.41. The normalized spacial score (nSPS) is 31.2. The van der Waals surface area contributed by atoms with Crippen LogP contribution in [-0.2, 0) is 4.74 Å². The lowest BCUT2D eigenvalue weighted by atomic mass is 9.88. The quantitative estimate of drug-likeness (QED) is 0.733. The number of aliphatic hydroxyl groups excluding tert-OH is 1. The molecule has 1 aliphatic carbocycles. The zero-order valence-electron chi connectivity index (χ0n) is 10.0. The van der Waals surface area contributed by atoms with Crippen molar-refractivity contribution in [3.8, 4) is 0 Å². The van der Waals surface area contributed by atoms with Crippen molar-refractivity contribution in [2.24, 2.45) is 11.7 Å². The van der Waals surface area contributed by atoms with Gasteiger partial charge in [-0.3, -0.25) is 0 Å². The van der Waals surface area contributed by atoms with E-state index >= 15 is 0 Å². The van der Waals surface area contributed by atoms with Gasteiger partial charge in [0.2, 0.25) is 0 Å². The number of hydrogen-bond acceptors (Lipinski definition) is 3. The molecule has 0 amide bonds. The first-order valence-corrected chi connectivity index (χ1v) is 6.06. The highest BCUT2D eigenvalue weighted by atomic mass is 16.5. The topological polar surface area (TPSA) is 55.5 Å². The number of aliphatic hydroxyl groups is 1. The summed E-state index contributed by atoms with van der Waals surface area (Å²) in [4.78, 5) is 0. The van der Waals surface area contributed by atoms with E-state index in [0.29, 0.717) is 18.6 Å². The third kappa shape index (κ3) is 4.49. The molecule has 3 nitrogen and oxygen atoms in total. The summed E-state index contributed by atoms with van der Waals surface area (Å²) < 4.78 is 5.84. The Morgan fingerprint density at radius 3 is 2.67 bits per heavy atom. The highest BCUT2D eigenvalue weighted by Gasteiger charge is 2.23. The second kappa shape index (κ2) is 5.83. The average molecular weight is 215 g/mol. The molecule has 0 radical (unpaired) electrons. The monoisotopic (exact) mass is 215 g/mol. The van der Waals surface area contributed by atoms with Crippen LogP contribution in [0.4, 0.5) is 0 Å². The summed E-state index contributed by atoms with van der Waals surface area (Å²) >= 11 is 0. The van der Waals surface area contributed by atoms with Gasteiger partial charge in [-0.2, -0.15) is 0 Å². The van der Waals surface area contributed by atoms with E-state index in [1.165, 1.54) is 25.7 Å². The van der Waals surface area contributed by atoms with Gasteiger partial charge in [0.15, 0.2) is 0 Å². The predicted molar refractivity (Wildman–Crippen MR) is 61.7 cm³/mol. The smallest absolute Gasteiger partial charge is 0.0609 e. The van der Waals surface area contributed by atoms with Crippen molar-refractivity contribution >= 4 is 0 Å². The maximum absolute atomic E-state index is 9.00. The second-order valence-electron chi connectivity index (χ2n) is 5.23. The van der Waals surface area contributed by atoms with E-state index in [1.54, 1.807) is 0 Å². The van der Waals surface area contributed by atoms with Gasteiger partial charge in [-0.05, 0) is 32.1 Å². The minimum absolute atomic E-state index is 0.0244. The van der Waals surface area contributed by atoms with Gasteiger partial charge in [0.1, 0.15) is 0 Å². The minimum atomic E-state index is -0.488. The van der Waals surface area contributed by atoms with E-state index in [9.17, 15) is 0 Å². The van der Waals surface area contributed by atoms with Crippen LogP contribution < -0.4 is 5.73 Å². The van der Waals surface area contributed by atoms with Gasteiger partial charge >= 0.3 is 0 Å². The third-order valence-electron chi connectivity index (χ3n) is 3.40. The van der Waals surface area contributed by atoms with Crippen LogP contribution >= 0.6 is 0 Å². The van der Waals surface area contributed by atoms with Gasteiger partial charge in [0.25, 0.3) is 0 Å². The molecule has 1 rings (SSSR count). The van der Waals surface area contributed by atoms with Crippen LogP contribution in [0.5, 0.6) is 0 Å². The molecule has 0 aromatic heterocycles. The van der Waals surface area contributed by atoms with E-state index in [1.807, 2.05) is 6.92 Å². The molecule has 0 aliphatic heterocycles. The van der Waals surface area contributed by atoms with Crippen molar-refractivity contribution in [2.45, 2.75) is 57.6 Å². The van der Waals surface area contributed by atoms with Gasteiger partial charge in [-0.15, -0.1) is 0 Å². The molecule has 0 saturated heterocycles. The summed E-state index contributed by atoms with van der Waals surface area (Å²) in [5.41, 5.74) is 5.35. The van der Waals surface area contributed by atoms with Crippen LogP contribution in [0.3, 0.4) is 0 Å². The molecular formula is C12H25NO2. The summed E-state index contributed by atoms with van der Waals surface area (Å²) in [6, 6.07) is 0. The van der Waals surface area contributed by atoms with E-state index in [4.69, 9.17) is 15.6 Å². The number of hydrogen-bond donors (Lipinski definition) is 2. The summed E-state index contributed by atoms with van der Waals surface area (Å²) in [7, 11) is 0. The summed E-state index contributed by atoms with van der Waals surface area (Å²) in [5.74, 6) is 0.678. The SMILES string of the molecule is CC1CCCCC1OCCC(C)(N)CO. The molecular weight excluding hydrogens is 190 g/mol. The van der Waals surface area contributed by atoms with Gasteiger partial charge in [0.05, 0.1) is 12.7 Å². The molecule has 3 atom stereocenters. The fourth-order valence-corrected chi connectivity index (χ4v) is 2.05. The highest BCUT2D eigenvalue weighted by Crippen LogP contribution is 2.26. The molecule has 90 valence electrons. The molecule has 1 saturated carbocycles. The Bertz CT molecular complexity index is 182. The van der Waals surface area contributed by atoms with Gasteiger partial charge in [-0.25, -0.2) is 0 Å². The number of rotatable bonds is 5. The van der Waals surface area contributed by atoms with Crippen molar-refractivity contribution in [1.29, 1.82) is 0 Å². The fraction of sp³-hybridized carbons (Fsp3) is 1.00. The Hall–Kier alpha value is -0.120. The predicted octanol–water partition coefficient (Wildman–Crippen LogP) is 1.68. The standard InChI is InChI=1S/C12H25NO2/c1-10-5-3-4-6-11(10)15-8-7-12(2,13)9-14/h10-11,14H,3-9,13H2,1-2H3. The molecule has 0 aromatic carbocycles. The molecule has 0 bridgehead atoms. The molecule has 3 unspecified atom stereocenters. The minimum Gasteiger partial charge on any atom is -0.394 e. The van der Waals surface area contributed by atoms with Crippen molar-refractivity contribution in [1.82, 2.24) is 0 Å². The first kappa shape index (κ1) is 12.9. The van der Waals surface area contributed by atoms with E-state index < -0.39 is 5.54 Å². The van der Waals surface area contributed by atoms with E-state index in [2.05, 4.69) is 6.92 Å². The molecule has 0 spiro atoms. The second-order valence-corrected chi connectivity index (χ2v) is 5.23. The maximum atomic E-state index is 9.00. The molecule has 3 heteroatoms. The largest absolute Gasteiger partial charge is 0.394 e. The Morgan fingerprint density at radius 2 is 2.07 bits per heavy atom. The lowest BCUT2D eigenvalue weighted by Gasteiger charge is -2.30. The molecule has 1 fully saturated rings. The van der Waals surface area contributed by atoms with E-state index in [-0.39, 0.29) is 6.61 Å². The van der Waals surface area contributed by atoms with Crippen LogP contribution in [0, 0.1) is 5.92 Å². The van der Waals surface area contributed by atoms with Crippen LogP contribution in [0.1, 0.15) is 46.0 Å². The number of nitrogens with two attached hydrogens (primary N) is 1. The van der Waals surface area contributed by atoms with Crippen LogP contribution in [0.2, 0.25) is 0 Å². The molecule has 0 aromatic rings. The van der Waals surface area contributed by atoms with Crippen molar-refractivity contribution < 1.29 is 9.84 Å². The Labute approximate surface area is 93.0 Å². The van der Waals surface area contributed by atoms with Gasteiger partial charge in [-0.1, -0.05) is 19.8 Å². The Kier molecular flexibility index (Phi) is 5.03. The Balaban J connectivity index is 2.19. The van der Waals surface area contributed by atoms with Crippen molar-refractivity contribution in [3.63, 3.8) is 0 Å². The summed E-state index contributed by atoms with van der Waals surface area (Å²) in [6.45, 7) is 4.82.